The van der Waals surface area contributed by atoms with Crippen LogP contribution < -0.4 is 5.32 Å². The van der Waals surface area contributed by atoms with Gasteiger partial charge < -0.3 is 5.32 Å². The summed E-state index contributed by atoms with van der Waals surface area (Å²) in [7, 11) is 0. The van der Waals surface area contributed by atoms with Crippen LogP contribution in [0.5, 0.6) is 0 Å². The van der Waals surface area contributed by atoms with Crippen molar-refractivity contribution in [2.24, 2.45) is 0 Å². The molecule has 0 saturated heterocycles. The Bertz CT molecular complexity index is 787. The van der Waals surface area contributed by atoms with E-state index in [1.165, 1.54) is 17.3 Å². The maximum atomic E-state index is 12.4. The predicted octanol–water partition coefficient (Wildman–Crippen LogP) is 3.62. The zero-order chi connectivity index (χ0) is 17.7. The third-order valence-electron chi connectivity index (χ3n) is 4.52. The number of aryl methyl sites for hydroxylation is 1. The number of nitrogens with one attached hydrogen (secondary N) is 1. The fraction of sp³-hybridized carbons (Fsp3) is 0.421. The van der Waals surface area contributed by atoms with E-state index in [0.717, 1.165) is 42.9 Å². The second-order valence-electron chi connectivity index (χ2n) is 6.51. The van der Waals surface area contributed by atoms with Gasteiger partial charge >= 0.3 is 0 Å². The van der Waals surface area contributed by atoms with Gasteiger partial charge in [0.1, 0.15) is 5.54 Å². The maximum Gasteiger partial charge on any atom is 0.231 e. The van der Waals surface area contributed by atoms with Crippen molar-refractivity contribution in [3.8, 4) is 11.8 Å². The van der Waals surface area contributed by atoms with Gasteiger partial charge in [-0.1, -0.05) is 43.2 Å². The van der Waals surface area contributed by atoms with Gasteiger partial charge in [0, 0.05) is 18.1 Å². The van der Waals surface area contributed by atoms with Gasteiger partial charge in [-0.05, 0) is 37.5 Å². The molecule has 5 nitrogen and oxygen atoms in total. The van der Waals surface area contributed by atoms with Crippen LogP contribution in [-0.4, -0.2) is 26.8 Å². The molecule has 1 fully saturated rings. The summed E-state index contributed by atoms with van der Waals surface area (Å²) in [6.07, 6.45) is 8.27. The van der Waals surface area contributed by atoms with Crippen molar-refractivity contribution in [3.05, 3.63) is 42.2 Å². The number of amides is 1. The lowest BCUT2D eigenvalue weighted by Crippen LogP contribution is -2.49. The van der Waals surface area contributed by atoms with Crippen LogP contribution in [0.15, 0.2) is 41.8 Å². The number of hydrogen-bond donors (Lipinski definition) is 1. The van der Waals surface area contributed by atoms with E-state index < -0.39 is 5.54 Å². The van der Waals surface area contributed by atoms with Gasteiger partial charge in [-0.25, -0.2) is 4.98 Å². The van der Waals surface area contributed by atoms with E-state index in [0.29, 0.717) is 0 Å². The highest BCUT2D eigenvalue weighted by Gasteiger charge is 2.33. The Labute approximate surface area is 152 Å². The molecule has 130 valence electrons. The minimum Gasteiger partial charge on any atom is -0.337 e. The van der Waals surface area contributed by atoms with E-state index in [4.69, 9.17) is 0 Å². The Morgan fingerprint density at radius 3 is 2.92 bits per heavy atom. The normalized spacial score (nSPS) is 16.2. The van der Waals surface area contributed by atoms with Gasteiger partial charge in [-0.2, -0.15) is 5.26 Å². The molecule has 1 heterocycles. The van der Waals surface area contributed by atoms with Gasteiger partial charge in [0.15, 0.2) is 5.16 Å². The molecule has 0 spiro atoms. The molecule has 3 rings (SSSR count). The van der Waals surface area contributed by atoms with Crippen LogP contribution in [-0.2, 0) is 4.79 Å². The molecule has 25 heavy (non-hydrogen) atoms. The van der Waals surface area contributed by atoms with E-state index >= 15 is 0 Å². The summed E-state index contributed by atoms with van der Waals surface area (Å²) in [6.45, 7) is 2.05. The molecule has 1 aliphatic rings. The largest absolute Gasteiger partial charge is 0.337 e. The number of thioether (sulfide) groups is 1. The van der Waals surface area contributed by atoms with Crippen LogP contribution in [0.4, 0.5) is 0 Å². The SMILES string of the molecule is Cc1cccc(-n2ccnc2SCC(=O)NC2(C#N)CCCCC2)c1. The van der Waals surface area contributed by atoms with Crippen molar-refractivity contribution >= 4 is 17.7 Å². The fourth-order valence-corrected chi connectivity index (χ4v) is 4.00. The Kier molecular flexibility index (Phi) is 5.44. The summed E-state index contributed by atoms with van der Waals surface area (Å²) in [6, 6.07) is 10.5. The fourth-order valence-electron chi connectivity index (χ4n) is 3.22. The lowest BCUT2D eigenvalue weighted by atomic mass is 9.83. The Balaban J connectivity index is 1.64. The van der Waals surface area contributed by atoms with Gasteiger partial charge in [0.2, 0.25) is 5.91 Å². The molecule has 1 saturated carbocycles. The first-order valence-electron chi connectivity index (χ1n) is 8.57. The maximum absolute atomic E-state index is 12.4. The molecule has 1 amide bonds. The molecule has 1 N–H and O–H groups in total. The minimum absolute atomic E-state index is 0.104. The van der Waals surface area contributed by atoms with Crippen molar-refractivity contribution in [1.29, 1.82) is 5.26 Å². The van der Waals surface area contributed by atoms with Crippen LogP contribution in [0.3, 0.4) is 0 Å². The molecule has 0 atom stereocenters. The summed E-state index contributed by atoms with van der Waals surface area (Å²) in [5, 5.41) is 13.2. The molecule has 0 aliphatic heterocycles. The van der Waals surface area contributed by atoms with Crippen molar-refractivity contribution in [2.45, 2.75) is 49.7 Å². The van der Waals surface area contributed by atoms with Gasteiger partial charge in [-0.3, -0.25) is 9.36 Å². The monoisotopic (exact) mass is 354 g/mol. The average Bonchev–Trinajstić information content (AvgIpc) is 3.09. The third kappa shape index (κ3) is 4.23. The van der Waals surface area contributed by atoms with Crippen LogP contribution in [0.25, 0.3) is 5.69 Å². The van der Waals surface area contributed by atoms with Crippen LogP contribution in [0, 0.1) is 18.3 Å². The van der Waals surface area contributed by atoms with Crippen molar-refractivity contribution < 1.29 is 4.79 Å². The lowest BCUT2D eigenvalue weighted by Gasteiger charge is -2.31. The topological polar surface area (TPSA) is 70.7 Å². The molecular weight excluding hydrogens is 332 g/mol. The number of imidazole rings is 1. The Morgan fingerprint density at radius 2 is 2.20 bits per heavy atom. The van der Waals surface area contributed by atoms with Gasteiger partial charge in [-0.15, -0.1) is 0 Å². The second kappa shape index (κ2) is 7.75. The third-order valence-corrected chi connectivity index (χ3v) is 5.49. The average molecular weight is 354 g/mol. The Morgan fingerprint density at radius 1 is 1.40 bits per heavy atom. The zero-order valence-corrected chi connectivity index (χ0v) is 15.2. The summed E-state index contributed by atoms with van der Waals surface area (Å²) in [5.74, 6) is 0.152. The smallest absolute Gasteiger partial charge is 0.231 e. The number of carbonyl (C=O) groups excluding carboxylic acids is 1. The molecule has 0 radical (unpaired) electrons. The van der Waals surface area contributed by atoms with Crippen molar-refractivity contribution in [1.82, 2.24) is 14.9 Å². The second-order valence-corrected chi connectivity index (χ2v) is 7.45. The quantitative estimate of drug-likeness (QED) is 0.833. The molecule has 0 bridgehead atoms. The number of carbonyl (C=O) groups is 1. The zero-order valence-electron chi connectivity index (χ0n) is 14.4. The first-order valence-corrected chi connectivity index (χ1v) is 9.56. The predicted molar refractivity (Wildman–Crippen MR) is 98.6 cm³/mol. The first kappa shape index (κ1) is 17.6. The van der Waals surface area contributed by atoms with Gasteiger partial charge in [0.25, 0.3) is 0 Å². The molecule has 1 aliphatic carbocycles. The summed E-state index contributed by atoms with van der Waals surface area (Å²) >= 11 is 1.39. The molecule has 2 aromatic rings. The number of nitrogens with zero attached hydrogens (tertiary/aromatic N) is 3. The number of rotatable bonds is 5. The molecule has 0 unspecified atom stereocenters. The minimum atomic E-state index is -0.679. The standard InChI is InChI=1S/C19H22N4OS/c1-15-6-5-7-16(12-15)23-11-10-21-18(23)25-13-17(24)22-19(14-20)8-3-2-4-9-19/h5-7,10-12H,2-4,8-9,13H2,1H3,(H,22,24). The molecule has 1 aromatic carbocycles. The van der Waals surface area contributed by atoms with E-state index in [1.54, 1.807) is 6.20 Å². The number of nitriles is 1. The van der Waals surface area contributed by atoms with Crippen molar-refractivity contribution in [3.63, 3.8) is 0 Å². The highest BCUT2D eigenvalue weighted by Crippen LogP contribution is 2.28. The lowest BCUT2D eigenvalue weighted by molar-refractivity contribution is -0.120. The molecule has 6 heteroatoms. The van der Waals surface area contributed by atoms with E-state index in [-0.39, 0.29) is 11.7 Å². The summed E-state index contributed by atoms with van der Waals surface area (Å²) in [5.41, 5.74) is 1.52. The van der Waals surface area contributed by atoms with Gasteiger partial charge in [0.05, 0.1) is 11.8 Å². The first-order chi connectivity index (χ1) is 12.1. The van der Waals surface area contributed by atoms with E-state index in [1.807, 2.05) is 35.9 Å². The number of aromatic nitrogens is 2. The van der Waals surface area contributed by atoms with Crippen molar-refractivity contribution in [2.75, 3.05) is 5.75 Å². The Hall–Kier alpha value is -2.26. The highest BCUT2D eigenvalue weighted by atomic mass is 32.2. The van der Waals surface area contributed by atoms with Crippen LogP contribution >= 0.6 is 11.8 Å². The molecule has 1 aromatic heterocycles. The van der Waals surface area contributed by atoms with Crippen LogP contribution in [0.2, 0.25) is 0 Å². The number of benzene rings is 1. The molecular formula is C19H22N4OS. The highest BCUT2D eigenvalue weighted by molar-refractivity contribution is 7.99. The number of hydrogen-bond acceptors (Lipinski definition) is 4. The summed E-state index contributed by atoms with van der Waals surface area (Å²) < 4.78 is 1.98. The van der Waals surface area contributed by atoms with E-state index in [9.17, 15) is 10.1 Å². The van der Waals surface area contributed by atoms with Crippen LogP contribution in [0.1, 0.15) is 37.7 Å². The van der Waals surface area contributed by atoms with E-state index in [2.05, 4.69) is 22.4 Å². The summed E-state index contributed by atoms with van der Waals surface area (Å²) in [4.78, 5) is 16.7.